The molecule has 0 aliphatic rings. The summed E-state index contributed by atoms with van der Waals surface area (Å²) in [7, 11) is 1.59. The molecule has 6 heteroatoms. The number of phenolic OH excluding ortho intramolecular Hbond substituents is 1. The molecule has 2 N–H and O–H groups in total. The van der Waals surface area contributed by atoms with Crippen LogP contribution in [0.4, 0.5) is 0 Å². The van der Waals surface area contributed by atoms with Gasteiger partial charge in [0.15, 0.2) is 0 Å². The van der Waals surface area contributed by atoms with Gasteiger partial charge in [-0.05, 0) is 49.2 Å². The van der Waals surface area contributed by atoms with Gasteiger partial charge in [-0.3, -0.25) is 4.79 Å². The SMILES string of the molecule is COc1ccc(CNC(=O)Cc2c(C)c3ccc(O)c(C)c3oc2=O)cc1. The maximum atomic E-state index is 12.4. The molecule has 0 aliphatic carbocycles. The first kappa shape index (κ1) is 18.5. The van der Waals surface area contributed by atoms with Crippen molar-refractivity contribution in [1.82, 2.24) is 5.32 Å². The Morgan fingerprint density at radius 2 is 1.81 bits per heavy atom. The topological polar surface area (TPSA) is 88.8 Å². The average molecular weight is 367 g/mol. The number of phenols is 1. The van der Waals surface area contributed by atoms with Crippen LogP contribution >= 0.6 is 0 Å². The summed E-state index contributed by atoms with van der Waals surface area (Å²) in [5, 5.41) is 13.3. The second-order valence-corrected chi connectivity index (χ2v) is 6.38. The Labute approximate surface area is 156 Å². The fraction of sp³-hybridized carbons (Fsp3) is 0.238. The van der Waals surface area contributed by atoms with Crippen LogP contribution in [0.1, 0.15) is 22.3 Å². The second-order valence-electron chi connectivity index (χ2n) is 6.38. The first-order valence-electron chi connectivity index (χ1n) is 8.55. The number of aryl methyl sites for hydroxylation is 2. The summed E-state index contributed by atoms with van der Waals surface area (Å²) in [6.45, 7) is 3.82. The van der Waals surface area contributed by atoms with E-state index in [2.05, 4.69) is 5.32 Å². The molecule has 0 unspecified atom stereocenters. The maximum absolute atomic E-state index is 12.4. The van der Waals surface area contributed by atoms with Gasteiger partial charge in [0.25, 0.3) is 0 Å². The Bertz CT molecular complexity index is 1050. The molecule has 3 rings (SSSR count). The van der Waals surface area contributed by atoms with Gasteiger partial charge in [-0.1, -0.05) is 12.1 Å². The number of hydrogen-bond acceptors (Lipinski definition) is 5. The van der Waals surface area contributed by atoms with Crippen LogP contribution in [0.3, 0.4) is 0 Å². The molecule has 1 aromatic heterocycles. The zero-order chi connectivity index (χ0) is 19.6. The Balaban J connectivity index is 1.78. The molecule has 2 aromatic carbocycles. The van der Waals surface area contributed by atoms with Gasteiger partial charge in [0.2, 0.25) is 5.91 Å². The summed E-state index contributed by atoms with van der Waals surface area (Å²) in [5.41, 5.74) is 2.22. The fourth-order valence-corrected chi connectivity index (χ4v) is 2.95. The van der Waals surface area contributed by atoms with E-state index in [1.165, 1.54) is 0 Å². The highest BCUT2D eigenvalue weighted by Crippen LogP contribution is 2.28. The number of rotatable bonds is 5. The van der Waals surface area contributed by atoms with Gasteiger partial charge in [-0.25, -0.2) is 4.79 Å². The van der Waals surface area contributed by atoms with Crippen LogP contribution in [0.5, 0.6) is 11.5 Å². The predicted octanol–water partition coefficient (Wildman–Crippen LogP) is 2.98. The molecular formula is C21H21NO5. The monoisotopic (exact) mass is 367 g/mol. The third-order valence-electron chi connectivity index (χ3n) is 4.66. The number of carbonyl (C=O) groups is 1. The standard InChI is InChI=1S/C21H21NO5/c1-12-16-8-9-18(23)13(2)20(16)27-21(25)17(12)10-19(24)22-11-14-4-6-15(26-3)7-5-14/h4-9,23H,10-11H2,1-3H3,(H,22,24). The second kappa shape index (κ2) is 7.53. The molecule has 1 heterocycles. The predicted molar refractivity (Wildman–Crippen MR) is 102 cm³/mol. The number of fused-ring (bicyclic) bond motifs is 1. The quantitative estimate of drug-likeness (QED) is 0.677. The van der Waals surface area contributed by atoms with Crippen molar-refractivity contribution in [2.75, 3.05) is 7.11 Å². The minimum Gasteiger partial charge on any atom is -0.508 e. The Hall–Kier alpha value is -3.28. The summed E-state index contributed by atoms with van der Waals surface area (Å²) in [6, 6.07) is 10.6. The summed E-state index contributed by atoms with van der Waals surface area (Å²) >= 11 is 0. The van der Waals surface area contributed by atoms with Crippen LogP contribution in [0.25, 0.3) is 11.0 Å². The summed E-state index contributed by atoms with van der Waals surface area (Å²) in [5.74, 6) is 0.543. The lowest BCUT2D eigenvalue weighted by Crippen LogP contribution is -2.27. The van der Waals surface area contributed by atoms with E-state index in [-0.39, 0.29) is 18.1 Å². The lowest BCUT2D eigenvalue weighted by atomic mass is 10.0. The number of carbonyl (C=O) groups excluding carboxylic acids is 1. The van der Waals surface area contributed by atoms with E-state index in [4.69, 9.17) is 9.15 Å². The van der Waals surface area contributed by atoms with E-state index < -0.39 is 5.63 Å². The Morgan fingerprint density at radius 1 is 1.11 bits per heavy atom. The smallest absolute Gasteiger partial charge is 0.340 e. The molecule has 0 atom stereocenters. The molecule has 6 nitrogen and oxygen atoms in total. The van der Waals surface area contributed by atoms with Gasteiger partial charge < -0.3 is 19.6 Å². The van der Waals surface area contributed by atoms with Crippen LogP contribution in [0, 0.1) is 13.8 Å². The molecule has 140 valence electrons. The first-order valence-corrected chi connectivity index (χ1v) is 8.55. The first-order chi connectivity index (χ1) is 12.9. The van der Waals surface area contributed by atoms with Crippen molar-refractivity contribution in [1.29, 1.82) is 0 Å². The van der Waals surface area contributed by atoms with Crippen LogP contribution in [0.2, 0.25) is 0 Å². The maximum Gasteiger partial charge on any atom is 0.340 e. The van der Waals surface area contributed by atoms with Gasteiger partial charge in [0, 0.05) is 17.5 Å². The zero-order valence-corrected chi connectivity index (χ0v) is 15.5. The van der Waals surface area contributed by atoms with Crippen LogP contribution in [-0.4, -0.2) is 18.1 Å². The molecule has 3 aromatic rings. The molecular weight excluding hydrogens is 346 g/mol. The van der Waals surface area contributed by atoms with Crippen molar-refractivity contribution >= 4 is 16.9 Å². The molecule has 0 radical (unpaired) electrons. The summed E-state index contributed by atoms with van der Waals surface area (Å²) in [6.07, 6.45) is -0.0693. The Morgan fingerprint density at radius 3 is 2.48 bits per heavy atom. The number of methoxy groups -OCH3 is 1. The molecule has 0 aliphatic heterocycles. The fourth-order valence-electron chi connectivity index (χ4n) is 2.95. The third kappa shape index (κ3) is 3.79. The van der Waals surface area contributed by atoms with Gasteiger partial charge in [0.05, 0.1) is 19.1 Å². The molecule has 0 bridgehead atoms. The summed E-state index contributed by atoms with van der Waals surface area (Å²) < 4.78 is 10.5. The number of benzene rings is 2. The normalized spacial score (nSPS) is 10.8. The van der Waals surface area contributed by atoms with E-state index in [1.54, 1.807) is 33.1 Å². The molecule has 0 saturated heterocycles. The highest BCUT2D eigenvalue weighted by Gasteiger charge is 2.17. The van der Waals surface area contributed by atoms with E-state index in [9.17, 15) is 14.7 Å². The van der Waals surface area contributed by atoms with Crippen LogP contribution in [0.15, 0.2) is 45.6 Å². The van der Waals surface area contributed by atoms with E-state index in [0.717, 1.165) is 11.3 Å². The lowest BCUT2D eigenvalue weighted by molar-refractivity contribution is -0.120. The Kier molecular flexibility index (Phi) is 5.16. The highest BCUT2D eigenvalue weighted by molar-refractivity contribution is 5.87. The van der Waals surface area contributed by atoms with Crippen molar-refractivity contribution in [3.05, 3.63) is 69.1 Å². The zero-order valence-electron chi connectivity index (χ0n) is 15.5. The number of amides is 1. The van der Waals surface area contributed by atoms with Crippen LogP contribution in [-0.2, 0) is 17.8 Å². The van der Waals surface area contributed by atoms with E-state index >= 15 is 0 Å². The molecule has 0 fully saturated rings. The van der Waals surface area contributed by atoms with Crippen LogP contribution < -0.4 is 15.7 Å². The van der Waals surface area contributed by atoms with Gasteiger partial charge in [-0.2, -0.15) is 0 Å². The summed E-state index contributed by atoms with van der Waals surface area (Å²) in [4.78, 5) is 24.7. The van der Waals surface area contributed by atoms with Gasteiger partial charge >= 0.3 is 5.63 Å². The molecule has 0 saturated carbocycles. The lowest BCUT2D eigenvalue weighted by Gasteiger charge is -2.10. The minimum absolute atomic E-state index is 0.0648. The average Bonchev–Trinajstić information content (AvgIpc) is 2.67. The number of aromatic hydroxyl groups is 1. The van der Waals surface area contributed by atoms with Crippen molar-refractivity contribution in [2.24, 2.45) is 0 Å². The van der Waals surface area contributed by atoms with Gasteiger partial charge in [-0.15, -0.1) is 0 Å². The third-order valence-corrected chi connectivity index (χ3v) is 4.66. The minimum atomic E-state index is -0.562. The number of hydrogen-bond donors (Lipinski definition) is 2. The number of ether oxygens (including phenoxy) is 1. The molecule has 1 amide bonds. The van der Waals surface area contributed by atoms with Crippen molar-refractivity contribution in [3.63, 3.8) is 0 Å². The van der Waals surface area contributed by atoms with Crippen molar-refractivity contribution < 1.29 is 19.1 Å². The van der Waals surface area contributed by atoms with E-state index in [0.29, 0.717) is 34.2 Å². The molecule has 27 heavy (non-hydrogen) atoms. The number of nitrogens with one attached hydrogen (secondary N) is 1. The largest absolute Gasteiger partial charge is 0.508 e. The van der Waals surface area contributed by atoms with Gasteiger partial charge in [0.1, 0.15) is 17.1 Å². The highest BCUT2D eigenvalue weighted by atomic mass is 16.5. The van der Waals surface area contributed by atoms with Crippen molar-refractivity contribution in [2.45, 2.75) is 26.8 Å². The van der Waals surface area contributed by atoms with Crippen molar-refractivity contribution in [3.8, 4) is 11.5 Å². The molecule has 0 spiro atoms. The van der Waals surface area contributed by atoms with E-state index in [1.807, 2.05) is 24.3 Å².